The van der Waals surface area contributed by atoms with Crippen LogP contribution in [0, 0.1) is 17.6 Å². The Balaban J connectivity index is 2.34. The average Bonchev–Trinajstić information content (AvgIpc) is 2.46. The van der Waals surface area contributed by atoms with E-state index in [0.717, 1.165) is 36.7 Å². The van der Waals surface area contributed by atoms with Crippen LogP contribution in [0.15, 0.2) is 23.1 Å². The highest BCUT2D eigenvalue weighted by atomic mass is 32.2. The first-order valence-corrected chi connectivity index (χ1v) is 8.00. The molecule has 1 aromatic carbocycles. The summed E-state index contributed by atoms with van der Waals surface area (Å²) < 4.78 is 25.8. The first-order valence-electron chi connectivity index (χ1n) is 7.02. The van der Waals surface area contributed by atoms with Gasteiger partial charge in [0.15, 0.2) is 11.6 Å². The Morgan fingerprint density at radius 3 is 2.71 bits per heavy atom. The number of aliphatic hydroxyl groups excluding tert-OH is 1. The SMILES string of the molecule is CCCC(CCO)CNC(=O)CSc1ccc(F)c(F)c1. The third kappa shape index (κ3) is 6.91. The van der Waals surface area contributed by atoms with Crippen LogP contribution >= 0.6 is 11.8 Å². The van der Waals surface area contributed by atoms with Crippen molar-refractivity contribution in [3.8, 4) is 0 Å². The first kappa shape index (κ1) is 17.9. The lowest BCUT2D eigenvalue weighted by Crippen LogP contribution is -2.31. The van der Waals surface area contributed by atoms with Gasteiger partial charge in [0.1, 0.15) is 0 Å². The van der Waals surface area contributed by atoms with Crippen LogP contribution < -0.4 is 5.32 Å². The number of thioether (sulfide) groups is 1. The zero-order valence-electron chi connectivity index (χ0n) is 12.1. The molecule has 0 aliphatic rings. The van der Waals surface area contributed by atoms with Crippen molar-refractivity contribution in [1.29, 1.82) is 0 Å². The van der Waals surface area contributed by atoms with E-state index in [1.165, 1.54) is 6.07 Å². The molecule has 0 radical (unpaired) electrons. The molecule has 1 amide bonds. The Bertz CT molecular complexity index is 451. The fourth-order valence-corrected chi connectivity index (χ4v) is 2.71. The molecule has 1 rings (SSSR count). The highest BCUT2D eigenvalue weighted by Crippen LogP contribution is 2.20. The third-order valence-corrected chi connectivity index (χ3v) is 4.08. The molecule has 2 N–H and O–H groups in total. The lowest BCUT2D eigenvalue weighted by Gasteiger charge is -2.15. The van der Waals surface area contributed by atoms with Gasteiger partial charge in [0, 0.05) is 18.0 Å². The summed E-state index contributed by atoms with van der Waals surface area (Å²) >= 11 is 1.16. The molecule has 1 unspecified atom stereocenters. The van der Waals surface area contributed by atoms with E-state index in [0.29, 0.717) is 17.9 Å². The molecule has 0 saturated carbocycles. The highest BCUT2D eigenvalue weighted by molar-refractivity contribution is 8.00. The van der Waals surface area contributed by atoms with Crippen LogP contribution in [-0.4, -0.2) is 29.9 Å². The number of hydrogen-bond acceptors (Lipinski definition) is 3. The van der Waals surface area contributed by atoms with Crippen LogP contribution in [-0.2, 0) is 4.79 Å². The summed E-state index contributed by atoms with van der Waals surface area (Å²) in [4.78, 5) is 12.2. The zero-order valence-corrected chi connectivity index (χ0v) is 12.9. The van der Waals surface area contributed by atoms with Crippen LogP contribution in [0.25, 0.3) is 0 Å². The molecule has 3 nitrogen and oxygen atoms in total. The average molecular weight is 317 g/mol. The molecule has 0 fully saturated rings. The Hall–Kier alpha value is -1.14. The Morgan fingerprint density at radius 2 is 2.10 bits per heavy atom. The van der Waals surface area contributed by atoms with Crippen molar-refractivity contribution in [2.75, 3.05) is 18.9 Å². The van der Waals surface area contributed by atoms with Gasteiger partial charge >= 0.3 is 0 Å². The van der Waals surface area contributed by atoms with E-state index >= 15 is 0 Å². The van der Waals surface area contributed by atoms with Gasteiger partial charge in [-0.3, -0.25) is 4.79 Å². The zero-order chi connectivity index (χ0) is 15.7. The monoisotopic (exact) mass is 317 g/mol. The molecular weight excluding hydrogens is 296 g/mol. The number of hydrogen-bond donors (Lipinski definition) is 2. The van der Waals surface area contributed by atoms with Crippen LogP contribution in [0.4, 0.5) is 8.78 Å². The Labute approximate surface area is 128 Å². The first-order chi connectivity index (χ1) is 10.1. The fourth-order valence-electron chi connectivity index (χ4n) is 1.96. The molecule has 118 valence electrons. The van der Waals surface area contributed by atoms with Gasteiger partial charge in [-0.25, -0.2) is 8.78 Å². The van der Waals surface area contributed by atoms with Gasteiger partial charge in [-0.05, 0) is 37.0 Å². The minimum Gasteiger partial charge on any atom is -0.396 e. The highest BCUT2D eigenvalue weighted by Gasteiger charge is 2.10. The van der Waals surface area contributed by atoms with Gasteiger partial charge in [-0.1, -0.05) is 13.3 Å². The van der Waals surface area contributed by atoms with Gasteiger partial charge in [0.25, 0.3) is 0 Å². The topological polar surface area (TPSA) is 49.3 Å². The number of carbonyl (C=O) groups is 1. The molecular formula is C15H21F2NO2S. The van der Waals surface area contributed by atoms with Gasteiger partial charge < -0.3 is 10.4 Å². The summed E-state index contributed by atoms with van der Waals surface area (Å²) in [7, 11) is 0. The predicted molar refractivity (Wildman–Crippen MR) is 80.2 cm³/mol. The number of benzene rings is 1. The van der Waals surface area contributed by atoms with E-state index < -0.39 is 11.6 Å². The van der Waals surface area contributed by atoms with E-state index in [-0.39, 0.29) is 24.2 Å². The minimum absolute atomic E-state index is 0.115. The molecule has 1 atom stereocenters. The normalized spacial score (nSPS) is 12.2. The lowest BCUT2D eigenvalue weighted by molar-refractivity contribution is -0.118. The minimum atomic E-state index is -0.911. The smallest absolute Gasteiger partial charge is 0.230 e. The Kier molecular flexibility index (Phi) is 8.30. The summed E-state index contributed by atoms with van der Waals surface area (Å²) in [5.41, 5.74) is 0. The van der Waals surface area contributed by atoms with Crippen molar-refractivity contribution >= 4 is 17.7 Å². The molecule has 0 saturated heterocycles. The number of amides is 1. The number of carbonyl (C=O) groups excluding carboxylic acids is 1. The second-order valence-electron chi connectivity index (χ2n) is 4.84. The van der Waals surface area contributed by atoms with E-state index in [9.17, 15) is 13.6 Å². The molecule has 1 aromatic rings. The third-order valence-electron chi connectivity index (χ3n) is 3.08. The van der Waals surface area contributed by atoms with Crippen LogP contribution in [0.3, 0.4) is 0 Å². The summed E-state index contributed by atoms with van der Waals surface area (Å²) in [6.45, 7) is 2.71. The molecule has 0 bridgehead atoms. The van der Waals surface area contributed by atoms with Crippen molar-refractivity contribution in [1.82, 2.24) is 5.32 Å². The van der Waals surface area contributed by atoms with E-state index in [1.54, 1.807) is 0 Å². The number of rotatable bonds is 9. The maximum atomic E-state index is 13.0. The van der Waals surface area contributed by atoms with Crippen LogP contribution in [0.5, 0.6) is 0 Å². The van der Waals surface area contributed by atoms with Crippen molar-refractivity contribution in [2.24, 2.45) is 5.92 Å². The maximum Gasteiger partial charge on any atom is 0.230 e. The van der Waals surface area contributed by atoms with Gasteiger partial charge in [-0.15, -0.1) is 11.8 Å². The molecule has 0 heterocycles. The number of halogens is 2. The quantitative estimate of drug-likeness (QED) is 0.689. The van der Waals surface area contributed by atoms with Crippen molar-refractivity contribution in [3.05, 3.63) is 29.8 Å². The van der Waals surface area contributed by atoms with Crippen molar-refractivity contribution in [3.63, 3.8) is 0 Å². The number of nitrogens with one attached hydrogen (secondary N) is 1. The van der Waals surface area contributed by atoms with Crippen LogP contribution in [0.1, 0.15) is 26.2 Å². The largest absolute Gasteiger partial charge is 0.396 e. The predicted octanol–water partition coefficient (Wildman–Crippen LogP) is 2.97. The molecule has 21 heavy (non-hydrogen) atoms. The summed E-state index contributed by atoms with van der Waals surface area (Å²) in [5.74, 6) is -1.52. The molecule has 0 spiro atoms. The molecule has 0 aromatic heterocycles. The molecule has 6 heteroatoms. The van der Waals surface area contributed by atoms with Crippen LogP contribution in [0.2, 0.25) is 0 Å². The molecule has 0 aliphatic carbocycles. The summed E-state index contributed by atoms with van der Waals surface area (Å²) in [6, 6.07) is 3.58. The summed E-state index contributed by atoms with van der Waals surface area (Å²) in [6.07, 6.45) is 2.63. The summed E-state index contributed by atoms with van der Waals surface area (Å²) in [5, 5.41) is 11.8. The van der Waals surface area contributed by atoms with Gasteiger partial charge in [0.05, 0.1) is 5.75 Å². The Morgan fingerprint density at radius 1 is 1.33 bits per heavy atom. The van der Waals surface area contributed by atoms with E-state index in [2.05, 4.69) is 12.2 Å². The second-order valence-corrected chi connectivity index (χ2v) is 5.88. The fraction of sp³-hybridized carbons (Fsp3) is 0.533. The second kappa shape index (κ2) is 9.73. The van der Waals surface area contributed by atoms with Crippen molar-refractivity contribution < 1.29 is 18.7 Å². The standard InChI is InChI=1S/C15H21F2NO2S/c1-2-3-11(6-7-19)9-18-15(20)10-21-12-4-5-13(16)14(17)8-12/h4-5,8,11,19H,2-3,6-7,9-10H2,1H3,(H,18,20). The lowest BCUT2D eigenvalue weighted by atomic mass is 10.0. The maximum absolute atomic E-state index is 13.0. The van der Waals surface area contributed by atoms with Gasteiger partial charge in [-0.2, -0.15) is 0 Å². The van der Waals surface area contributed by atoms with Gasteiger partial charge in [0.2, 0.25) is 5.91 Å². The number of aliphatic hydroxyl groups is 1. The van der Waals surface area contributed by atoms with E-state index in [1.807, 2.05) is 0 Å². The molecule has 0 aliphatic heterocycles. The van der Waals surface area contributed by atoms with Crippen molar-refractivity contribution in [2.45, 2.75) is 31.1 Å². The van der Waals surface area contributed by atoms with E-state index in [4.69, 9.17) is 5.11 Å².